The molecule has 1 rings (SSSR count). The average molecular weight is 240 g/mol. The monoisotopic (exact) mass is 240 g/mol. The fourth-order valence-electron chi connectivity index (χ4n) is 2.19. The van der Waals surface area contributed by atoms with E-state index in [0.29, 0.717) is 12.8 Å². The second-order valence-corrected chi connectivity index (χ2v) is 5.16. The van der Waals surface area contributed by atoms with Crippen molar-refractivity contribution in [2.24, 2.45) is 11.7 Å². The van der Waals surface area contributed by atoms with Gasteiger partial charge in [0.25, 0.3) is 0 Å². The van der Waals surface area contributed by atoms with Crippen molar-refractivity contribution in [3.63, 3.8) is 0 Å². The molecule has 0 aromatic carbocycles. The highest BCUT2D eigenvalue weighted by atomic mass is 16.2. The Balaban J connectivity index is 2.80. The van der Waals surface area contributed by atoms with Crippen molar-refractivity contribution in [3.8, 4) is 0 Å². The van der Waals surface area contributed by atoms with Gasteiger partial charge in [-0.25, -0.2) is 0 Å². The molecule has 0 aromatic rings. The van der Waals surface area contributed by atoms with Crippen LogP contribution in [0.25, 0.3) is 0 Å². The largest absolute Gasteiger partial charge is 0.370 e. The van der Waals surface area contributed by atoms with E-state index in [9.17, 15) is 14.4 Å². The van der Waals surface area contributed by atoms with Gasteiger partial charge in [-0.15, -0.1) is 0 Å². The SMILES string of the molecule is CCC1CC(=O)N(C(C)(C)CCC(N)=O)C1=O. The Kier molecular flexibility index (Phi) is 3.91. The van der Waals surface area contributed by atoms with E-state index >= 15 is 0 Å². The maximum Gasteiger partial charge on any atom is 0.233 e. The van der Waals surface area contributed by atoms with Gasteiger partial charge >= 0.3 is 0 Å². The fraction of sp³-hybridized carbons (Fsp3) is 0.750. The molecule has 1 aliphatic rings. The molecule has 1 unspecified atom stereocenters. The molecule has 0 spiro atoms. The molecule has 2 N–H and O–H groups in total. The standard InChI is InChI=1S/C12H20N2O3/c1-4-8-7-10(16)14(11(8)17)12(2,3)6-5-9(13)15/h8H,4-7H2,1-3H3,(H2,13,15). The Hall–Kier alpha value is -1.39. The van der Waals surface area contributed by atoms with Gasteiger partial charge in [0.2, 0.25) is 17.7 Å². The molecule has 3 amide bonds. The van der Waals surface area contributed by atoms with Gasteiger partial charge in [0.05, 0.1) is 0 Å². The molecule has 5 nitrogen and oxygen atoms in total. The molecule has 1 saturated heterocycles. The molecule has 96 valence electrons. The first-order chi connectivity index (χ1) is 7.79. The summed E-state index contributed by atoms with van der Waals surface area (Å²) in [5, 5.41) is 0. The third-order valence-electron chi connectivity index (χ3n) is 3.32. The molecule has 1 aliphatic heterocycles. The lowest BCUT2D eigenvalue weighted by atomic mass is 9.95. The minimum absolute atomic E-state index is 0.119. The minimum Gasteiger partial charge on any atom is -0.370 e. The van der Waals surface area contributed by atoms with Gasteiger partial charge in [0.1, 0.15) is 0 Å². The second kappa shape index (κ2) is 4.85. The predicted molar refractivity (Wildman–Crippen MR) is 62.8 cm³/mol. The quantitative estimate of drug-likeness (QED) is 0.722. The van der Waals surface area contributed by atoms with E-state index in [1.54, 1.807) is 13.8 Å². The smallest absolute Gasteiger partial charge is 0.233 e. The number of imide groups is 1. The summed E-state index contributed by atoms with van der Waals surface area (Å²) < 4.78 is 0. The van der Waals surface area contributed by atoms with Crippen molar-refractivity contribution >= 4 is 17.7 Å². The summed E-state index contributed by atoms with van der Waals surface area (Å²) in [7, 11) is 0. The van der Waals surface area contributed by atoms with E-state index in [2.05, 4.69) is 0 Å². The van der Waals surface area contributed by atoms with Crippen LogP contribution in [0, 0.1) is 5.92 Å². The number of hydrogen-bond acceptors (Lipinski definition) is 3. The maximum absolute atomic E-state index is 12.0. The highest BCUT2D eigenvalue weighted by Gasteiger charge is 2.44. The lowest BCUT2D eigenvalue weighted by Crippen LogP contribution is -2.48. The zero-order valence-corrected chi connectivity index (χ0v) is 10.7. The first-order valence-corrected chi connectivity index (χ1v) is 5.94. The molecule has 17 heavy (non-hydrogen) atoms. The van der Waals surface area contributed by atoms with Crippen molar-refractivity contribution in [1.82, 2.24) is 4.90 Å². The third-order valence-corrected chi connectivity index (χ3v) is 3.32. The van der Waals surface area contributed by atoms with Crippen LogP contribution < -0.4 is 5.73 Å². The van der Waals surface area contributed by atoms with Gasteiger partial charge in [-0.3, -0.25) is 19.3 Å². The maximum atomic E-state index is 12.0. The first-order valence-electron chi connectivity index (χ1n) is 5.94. The lowest BCUT2D eigenvalue weighted by molar-refractivity contribution is -0.146. The predicted octanol–water partition coefficient (Wildman–Crippen LogP) is 0.816. The fourth-order valence-corrected chi connectivity index (χ4v) is 2.19. The summed E-state index contributed by atoms with van der Waals surface area (Å²) in [6.07, 6.45) is 1.55. The Labute approximate surface area is 101 Å². The topological polar surface area (TPSA) is 80.5 Å². The minimum atomic E-state index is -0.632. The molecule has 0 aliphatic carbocycles. The molecule has 0 saturated carbocycles. The Bertz CT molecular complexity index is 350. The molecule has 5 heteroatoms. The van der Waals surface area contributed by atoms with E-state index in [0.717, 1.165) is 0 Å². The van der Waals surface area contributed by atoms with Crippen molar-refractivity contribution in [2.75, 3.05) is 0 Å². The van der Waals surface area contributed by atoms with Gasteiger partial charge in [0, 0.05) is 24.3 Å². The molecular weight excluding hydrogens is 220 g/mol. The zero-order valence-electron chi connectivity index (χ0n) is 10.7. The number of carbonyl (C=O) groups excluding carboxylic acids is 3. The van der Waals surface area contributed by atoms with Crippen LogP contribution in [0.4, 0.5) is 0 Å². The summed E-state index contributed by atoms with van der Waals surface area (Å²) in [5.41, 5.74) is 4.46. The number of likely N-dealkylation sites (tertiary alicyclic amines) is 1. The zero-order chi connectivity index (χ0) is 13.2. The summed E-state index contributed by atoms with van der Waals surface area (Å²) >= 11 is 0. The average Bonchev–Trinajstić information content (AvgIpc) is 2.51. The van der Waals surface area contributed by atoms with Gasteiger partial charge < -0.3 is 5.73 Å². The molecule has 0 bridgehead atoms. The molecule has 1 atom stereocenters. The summed E-state index contributed by atoms with van der Waals surface area (Å²) in [6.45, 7) is 5.49. The normalized spacial score (nSPS) is 21.1. The van der Waals surface area contributed by atoms with Gasteiger partial charge in [-0.2, -0.15) is 0 Å². The Morgan fingerprint density at radius 3 is 2.47 bits per heavy atom. The summed E-state index contributed by atoms with van der Waals surface area (Å²) in [5.74, 6) is -0.872. The van der Waals surface area contributed by atoms with Crippen LogP contribution in [0.15, 0.2) is 0 Å². The van der Waals surface area contributed by atoms with Crippen LogP contribution in [-0.2, 0) is 14.4 Å². The van der Waals surface area contributed by atoms with Crippen molar-refractivity contribution < 1.29 is 14.4 Å². The van der Waals surface area contributed by atoms with Crippen LogP contribution in [0.3, 0.4) is 0 Å². The molecule has 0 radical (unpaired) electrons. The van der Waals surface area contributed by atoms with Crippen LogP contribution in [0.5, 0.6) is 0 Å². The summed E-state index contributed by atoms with van der Waals surface area (Å²) in [4.78, 5) is 35.9. The van der Waals surface area contributed by atoms with Crippen molar-refractivity contribution in [1.29, 1.82) is 0 Å². The van der Waals surface area contributed by atoms with Crippen LogP contribution in [-0.4, -0.2) is 28.2 Å². The Morgan fingerprint density at radius 2 is 2.06 bits per heavy atom. The van der Waals surface area contributed by atoms with Gasteiger partial charge in [-0.1, -0.05) is 6.92 Å². The highest BCUT2D eigenvalue weighted by molar-refractivity contribution is 6.04. The van der Waals surface area contributed by atoms with Crippen LogP contribution in [0.1, 0.15) is 46.5 Å². The molecule has 1 fully saturated rings. The van der Waals surface area contributed by atoms with E-state index in [-0.39, 0.29) is 30.6 Å². The van der Waals surface area contributed by atoms with Crippen LogP contribution in [0.2, 0.25) is 0 Å². The summed E-state index contributed by atoms with van der Waals surface area (Å²) in [6, 6.07) is 0. The number of carbonyl (C=O) groups is 3. The number of primary amides is 1. The van der Waals surface area contributed by atoms with E-state index in [4.69, 9.17) is 5.73 Å². The van der Waals surface area contributed by atoms with E-state index < -0.39 is 11.4 Å². The van der Waals surface area contributed by atoms with Crippen molar-refractivity contribution in [3.05, 3.63) is 0 Å². The Morgan fingerprint density at radius 1 is 1.47 bits per heavy atom. The third kappa shape index (κ3) is 2.84. The molecular formula is C12H20N2O3. The van der Waals surface area contributed by atoms with Gasteiger partial charge in [-0.05, 0) is 26.7 Å². The number of amides is 3. The van der Waals surface area contributed by atoms with E-state index in [1.807, 2.05) is 6.92 Å². The van der Waals surface area contributed by atoms with Gasteiger partial charge in [0.15, 0.2) is 0 Å². The number of rotatable bonds is 5. The lowest BCUT2D eigenvalue weighted by Gasteiger charge is -2.34. The number of nitrogens with zero attached hydrogens (tertiary/aromatic N) is 1. The highest BCUT2D eigenvalue weighted by Crippen LogP contribution is 2.31. The first kappa shape index (κ1) is 13.7. The second-order valence-electron chi connectivity index (χ2n) is 5.16. The van der Waals surface area contributed by atoms with Crippen LogP contribution >= 0.6 is 0 Å². The molecule has 0 aromatic heterocycles. The number of nitrogens with two attached hydrogens (primary N) is 1. The number of hydrogen-bond donors (Lipinski definition) is 1. The molecule has 1 heterocycles. The van der Waals surface area contributed by atoms with E-state index in [1.165, 1.54) is 4.90 Å². The van der Waals surface area contributed by atoms with Crippen molar-refractivity contribution in [2.45, 2.75) is 52.0 Å².